The number of aromatic nitrogens is 1. The van der Waals surface area contributed by atoms with Gasteiger partial charge in [-0.3, -0.25) is 9.59 Å². The van der Waals surface area contributed by atoms with Gasteiger partial charge in [0.1, 0.15) is 12.3 Å². The van der Waals surface area contributed by atoms with Crippen molar-refractivity contribution in [2.75, 3.05) is 11.9 Å². The number of hydrogen-bond acceptors (Lipinski definition) is 6. The second-order valence-electron chi connectivity index (χ2n) is 3.03. The minimum absolute atomic E-state index is 0.00342. The van der Waals surface area contributed by atoms with Gasteiger partial charge >= 0.3 is 0 Å². The van der Waals surface area contributed by atoms with E-state index in [0.29, 0.717) is 23.8 Å². The van der Waals surface area contributed by atoms with Gasteiger partial charge < -0.3 is 10.2 Å². The molecule has 0 fully saturated rings. The Bertz CT molecular complexity index is 403. The van der Waals surface area contributed by atoms with Crippen LogP contribution >= 0.6 is 11.3 Å². The van der Waals surface area contributed by atoms with E-state index in [0.717, 1.165) is 12.8 Å². The molecule has 1 N–H and O–H groups in total. The van der Waals surface area contributed by atoms with Crippen LogP contribution in [0.2, 0.25) is 0 Å². The van der Waals surface area contributed by atoms with Crippen LogP contribution in [0.3, 0.4) is 0 Å². The van der Waals surface area contributed by atoms with Crippen LogP contribution in [-0.2, 0) is 14.4 Å². The van der Waals surface area contributed by atoms with E-state index in [1.807, 2.05) is 6.92 Å². The van der Waals surface area contributed by atoms with E-state index < -0.39 is 0 Å². The number of hydrogen-bond donors (Lipinski definition) is 1. The minimum atomic E-state index is -0.00342. The van der Waals surface area contributed by atoms with Crippen LogP contribution in [-0.4, -0.2) is 30.0 Å². The third-order valence-corrected chi connectivity index (χ3v) is 2.54. The summed E-state index contributed by atoms with van der Waals surface area (Å²) in [6, 6.07) is 0. The van der Waals surface area contributed by atoms with Crippen molar-refractivity contribution in [2.45, 2.75) is 19.8 Å². The molecule has 91 valence electrons. The van der Waals surface area contributed by atoms with Gasteiger partial charge in [-0.15, -0.1) is 11.3 Å². The first-order valence-electron chi connectivity index (χ1n) is 5.06. The highest BCUT2D eigenvalue weighted by atomic mass is 32.1. The van der Waals surface area contributed by atoms with Crippen molar-refractivity contribution in [3.8, 4) is 0 Å². The van der Waals surface area contributed by atoms with Gasteiger partial charge in [0.05, 0.1) is 0 Å². The van der Waals surface area contributed by atoms with Crippen molar-refractivity contribution in [1.29, 1.82) is 0 Å². The van der Waals surface area contributed by atoms with Crippen LogP contribution < -0.4 is 5.32 Å². The van der Waals surface area contributed by atoms with E-state index >= 15 is 0 Å². The number of thiazole rings is 1. The van der Waals surface area contributed by atoms with E-state index in [4.69, 9.17) is 4.84 Å². The van der Waals surface area contributed by atoms with E-state index in [1.54, 1.807) is 11.7 Å². The summed E-state index contributed by atoms with van der Waals surface area (Å²) in [4.78, 5) is 29.8. The normalized spacial score (nSPS) is 11.0. The SMILES string of the molecule is CCCCON=C([C]=O)c1csc(NC=O)n1. The van der Waals surface area contributed by atoms with Crippen molar-refractivity contribution < 1.29 is 14.4 Å². The molecule has 1 rings (SSSR count). The van der Waals surface area contributed by atoms with Gasteiger partial charge in [0.2, 0.25) is 6.41 Å². The molecule has 7 heteroatoms. The highest BCUT2D eigenvalue weighted by molar-refractivity contribution is 7.14. The lowest BCUT2D eigenvalue weighted by Gasteiger charge is -1.97. The summed E-state index contributed by atoms with van der Waals surface area (Å²) in [5.41, 5.74) is 0.335. The van der Waals surface area contributed by atoms with Gasteiger partial charge in [0.15, 0.2) is 10.8 Å². The molecule has 0 spiro atoms. The van der Waals surface area contributed by atoms with Gasteiger partial charge in [-0.1, -0.05) is 18.5 Å². The molecule has 1 aromatic rings. The molecular formula is C10H12N3O3S. The molecule has 0 aliphatic carbocycles. The number of anilines is 1. The third kappa shape index (κ3) is 4.31. The topological polar surface area (TPSA) is 80.6 Å². The van der Waals surface area contributed by atoms with Gasteiger partial charge in [-0.2, -0.15) is 0 Å². The van der Waals surface area contributed by atoms with E-state index in [2.05, 4.69) is 15.5 Å². The minimum Gasteiger partial charge on any atom is -0.395 e. The average molecular weight is 254 g/mol. The molecule has 0 saturated heterocycles. The fraction of sp³-hybridized carbons (Fsp3) is 0.400. The summed E-state index contributed by atoms with van der Waals surface area (Å²) in [5.74, 6) is 0. The maximum Gasteiger partial charge on any atom is 0.259 e. The summed E-state index contributed by atoms with van der Waals surface area (Å²) in [6.07, 6.45) is 4.02. The van der Waals surface area contributed by atoms with Crippen LogP contribution in [0, 0.1) is 0 Å². The van der Waals surface area contributed by atoms with E-state index in [1.165, 1.54) is 11.3 Å². The summed E-state index contributed by atoms with van der Waals surface area (Å²) in [7, 11) is 0. The monoisotopic (exact) mass is 254 g/mol. The predicted molar refractivity (Wildman–Crippen MR) is 64.9 cm³/mol. The summed E-state index contributed by atoms with van der Waals surface area (Å²) in [6.45, 7) is 2.48. The number of nitrogens with one attached hydrogen (secondary N) is 1. The third-order valence-electron chi connectivity index (χ3n) is 1.77. The second-order valence-corrected chi connectivity index (χ2v) is 3.89. The first-order valence-corrected chi connectivity index (χ1v) is 5.94. The first-order chi connectivity index (χ1) is 8.31. The summed E-state index contributed by atoms with van der Waals surface area (Å²) < 4.78 is 0. The zero-order valence-corrected chi connectivity index (χ0v) is 10.1. The first kappa shape index (κ1) is 13.3. The lowest BCUT2D eigenvalue weighted by atomic mass is 10.3. The second kappa shape index (κ2) is 7.50. The summed E-state index contributed by atoms with van der Waals surface area (Å²) in [5, 5.41) is 8.02. The number of carbonyl (C=O) groups excluding carboxylic acids is 2. The Balaban J connectivity index is 2.64. The molecular weight excluding hydrogens is 242 g/mol. The molecule has 0 aromatic carbocycles. The molecule has 0 saturated carbocycles. The Morgan fingerprint density at radius 2 is 2.59 bits per heavy atom. The number of oxime groups is 1. The van der Waals surface area contributed by atoms with Crippen molar-refractivity contribution in [2.24, 2.45) is 5.16 Å². The van der Waals surface area contributed by atoms with Gasteiger partial charge in [-0.25, -0.2) is 4.98 Å². The Morgan fingerprint density at radius 1 is 1.76 bits per heavy atom. The van der Waals surface area contributed by atoms with Gasteiger partial charge in [0, 0.05) is 5.38 Å². The average Bonchev–Trinajstić information content (AvgIpc) is 2.78. The number of rotatable bonds is 8. The Hall–Kier alpha value is -1.76. The van der Waals surface area contributed by atoms with Crippen molar-refractivity contribution in [1.82, 2.24) is 4.98 Å². The number of unbranched alkanes of at least 4 members (excludes halogenated alkanes) is 1. The maximum absolute atomic E-state index is 10.7. The highest BCUT2D eigenvalue weighted by Gasteiger charge is 2.09. The van der Waals surface area contributed by atoms with Crippen molar-refractivity contribution >= 4 is 34.9 Å². The molecule has 0 bridgehead atoms. The largest absolute Gasteiger partial charge is 0.395 e. The molecule has 0 atom stereocenters. The molecule has 0 aliphatic heterocycles. The highest BCUT2D eigenvalue weighted by Crippen LogP contribution is 2.14. The van der Waals surface area contributed by atoms with Gasteiger partial charge in [-0.05, 0) is 6.42 Å². The Labute approximate surface area is 103 Å². The number of carbonyl (C=O) groups is 1. The smallest absolute Gasteiger partial charge is 0.259 e. The maximum atomic E-state index is 10.7. The molecule has 0 unspecified atom stereocenters. The lowest BCUT2D eigenvalue weighted by Crippen LogP contribution is -2.05. The van der Waals surface area contributed by atoms with Crippen molar-refractivity contribution in [3.63, 3.8) is 0 Å². The standard InChI is InChI=1S/C10H12N3O3S/c1-2-3-4-16-13-8(5-14)9-6-17-10(12-9)11-7-15/h6-7H,2-4H2,1H3,(H,11,12,15). The fourth-order valence-corrected chi connectivity index (χ4v) is 1.59. The van der Waals surface area contributed by atoms with Crippen LogP contribution in [0.4, 0.5) is 5.13 Å². The molecule has 1 radical (unpaired) electrons. The zero-order chi connectivity index (χ0) is 12.5. The van der Waals surface area contributed by atoms with Crippen LogP contribution in [0.5, 0.6) is 0 Å². The zero-order valence-electron chi connectivity index (χ0n) is 9.30. The fourth-order valence-electron chi connectivity index (χ4n) is 0.936. The Morgan fingerprint density at radius 3 is 3.24 bits per heavy atom. The van der Waals surface area contributed by atoms with Gasteiger partial charge in [0.25, 0.3) is 6.29 Å². The quantitative estimate of drug-likeness (QED) is 0.328. The molecule has 0 aliphatic rings. The molecule has 1 heterocycles. The lowest BCUT2D eigenvalue weighted by molar-refractivity contribution is -0.105. The number of nitrogens with zero attached hydrogens (tertiary/aromatic N) is 2. The van der Waals surface area contributed by atoms with Crippen LogP contribution in [0.25, 0.3) is 0 Å². The van der Waals surface area contributed by atoms with Crippen LogP contribution in [0.15, 0.2) is 10.5 Å². The molecule has 6 nitrogen and oxygen atoms in total. The molecule has 17 heavy (non-hydrogen) atoms. The predicted octanol–water partition coefficient (Wildman–Crippen LogP) is 1.34. The summed E-state index contributed by atoms with van der Waals surface area (Å²) >= 11 is 1.19. The Kier molecular flexibility index (Phi) is 5.87. The van der Waals surface area contributed by atoms with E-state index in [9.17, 15) is 9.59 Å². The van der Waals surface area contributed by atoms with E-state index in [-0.39, 0.29) is 5.71 Å². The number of amides is 1. The molecule has 1 amide bonds. The molecule has 1 aromatic heterocycles. The van der Waals surface area contributed by atoms with Crippen LogP contribution in [0.1, 0.15) is 25.5 Å². The van der Waals surface area contributed by atoms with Crippen molar-refractivity contribution in [3.05, 3.63) is 11.1 Å².